The molecular weight excluding hydrogens is 697 g/mol. The Hall–Kier alpha value is -3.24. The zero-order chi connectivity index (χ0) is 28.2. The third-order valence-corrected chi connectivity index (χ3v) is 9.95. The third-order valence-electron chi connectivity index (χ3n) is 7.91. The molecule has 2 heterocycles. The number of aromatic nitrogens is 2. The molecule has 0 aliphatic carbocycles. The Morgan fingerprint density at radius 2 is 1.39 bits per heavy atom. The quantitative estimate of drug-likeness (QED) is 0.126. The monoisotopic (exact) mass is 734 g/mol. The Bertz CT molecular complexity index is 1810. The van der Waals surface area contributed by atoms with Crippen LogP contribution >= 0.6 is 0 Å². The predicted molar refractivity (Wildman–Crippen MR) is 172 cm³/mol. The Kier molecular flexibility index (Phi) is 8.00. The maximum absolute atomic E-state index is 6.03. The summed E-state index contributed by atoms with van der Waals surface area (Å²) in [5.74, 6) is 1.51. The molecule has 0 bridgehead atoms. The van der Waals surface area contributed by atoms with E-state index in [1.54, 1.807) is 0 Å². The maximum atomic E-state index is 6.03. The first-order chi connectivity index (χ1) is 19.1. The molecule has 0 spiro atoms. The molecule has 6 rings (SSSR count). The van der Waals surface area contributed by atoms with Crippen LogP contribution in [0.15, 0.2) is 89.3 Å². The van der Waals surface area contributed by atoms with Crippen LogP contribution in [0.4, 0.5) is 0 Å². The summed E-state index contributed by atoms with van der Waals surface area (Å²) < 4.78 is 8.40. The molecule has 6 aromatic rings. The van der Waals surface area contributed by atoms with E-state index in [4.69, 9.17) is 9.40 Å². The molecule has 0 unspecified atom stereocenters. The van der Waals surface area contributed by atoms with Gasteiger partial charge in [0.15, 0.2) is 0 Å². The van der Waals surface area contributed by atoms with Gasteiger partial charge in [-0.3, -0.25) is 4.98 Å². The van der Waals surface area contributed by atoms with E-state index in [1.165, 1.54) is 33.1 Å². The van der Waals surface area contributed by atoms with Crippen LogP contribution in [0.2, 0.25) is 19.6 Å². The molecule has 0 saturated heterocycles. The fourth-order valence-corrected chi connectivity index (χ4v) is 6.80. The second-order valence-corrected chi connectivity index (χ2v) is 17.6. The standard InChI is InChI=1S/C36H37N2OSi.Ir/c1-23(2)28-19-26(25-13-9-8-10-14-25)20-29(24(3)4)35(28)38-33-16-12-11-15-32(33)37-36(38)31-22-39-34-18-17-27(21-30(31)34)40(5,6)7;/h8-21,23-24H,1-7H3;/q-1;. The van der Waals surface area contributed by atoms with E-state index in [-0.39, 0.29) is 20.1 Å². The number of nitrogens with zero attached hydrogens (tertiary/aromatic N) is 2. The Labute approximate surface area is 258 Å². The molecule has 0 N–H and O–H groups in total. The number of imidazole rings is 1. The number of furan rings is 1. The van der Waals surface area contributed by atoms with Gasteiger partial charge in [-0.25, -0.2) is 0 Å². The van der Waals surface area contributed by atoms with Crippen LogP contribution in [-0.4, -0.2) is 17.6 Å². The van der Waals surface area contributed by atoms with Crippen molar-refractivity contribution in [3.05, 3.63) is 102 Å². The minimum Gasteiger partial charge on any atom is -0.557 e. The summed E-state index contributed by atoms with van der Waals surface area (Å²) in [5.41, 5.74) is 10.2. The summed E-state index contributed by atoms with van der Waals surface area (Å²) in [6.07, 6.45) is 3.27. The summed E-state index contributed by atoms with van der Waals surface area (Å²) in [5, 5.41) is 2.48. The van der Waals surface area contributed by atoms with Crippen molar-refractivity contribution in [1.29, 1.82) is 0 Å². The van der Waals surface area contributed by atoms with Gasteiger partial charge in [-0.05, 0) is 58.4 Å². The van der Waals surface area contributed by atoms with E-state index in [2.05, 4.69) is 143 Å². The van der Waals surface area contributed by atoms with Crippen molar-refractivity contribution >= 4 is 35.3 Å². The second-order valence-electron chi connectivity index (χ2n) is 12.5. The molecule has 0 fully saturated rings. The van der Waals surface area contributed by atoms with Gasteiger partial charge in [-0.15, -0.1) is 6.07 Å². The first-order valence-corrected chi connectivity index (χ1v) is 17.8. The summed E-state index contributed by atoms with van der Waals surface area (Å²) in [6.45, 7) is 16.3. The SMILES string of the molecule is CC(C)c1cc(-c2ccccc2)cc(C(C)C)c1-n1c(-c2[c-]oc3ccc([Si](C)(C)C)cc23)nc2ccccc21.[Ir]. The van der Waals surface area contributed by atoms with E-state index >= 15 is 0 Å². The molecule has 0 atom stereocenters. The summed E-state index contributed by atoms with van der Waals surface area (Å²) in [4.78, 5) is 5.24. The Balaban J connectivity index is 0.00000337. The smallest absolute Gasteiger partial charge is 0.0774 e. The van der Waals surface area contributed by atoms with Gasteiger partial charge in [0, 0.05) is 37.6 Å². The normalized spacial score (nSPS) is 12.0. The Morgan fingerprint density at radius 1 is 0.756 bits per heavy atom. The van der Waals surface area contributed by atoms with E-state index in [9.17, 15) is 0 Å². The molecule has 0 amide bonds. The van der Waals surface area contributed by atoms with Gasteiger partial charge >= 0.3 is 0 Å². The number of benzene rings is 4. The van der Waals surface area contributed by atoms with Crippen molar-refractivity contribution in [1.82, 2.24) is 9.55 Å². The van der Waals surface area contributed by atoms with Gasteiger partial charge in [0.05, 0.1) is 24.9 Å². The van der Waals surface area contributed by atoms with Crippen molar-refractivity contribution in [2.45, 2.75) is 59.2 Å². The predicted octanol–water partition coefficient (Wildman–Crippen LogP) is 9.70. The number of fused-ring (bicyclic) bond motifs is 2. The first-order valence-electron chi connectivity index (χ1n) is 14.3. The average Bonchev–Trinajstić information content (AvgIpc) is 3.53. The molecule has 3 nitrogen and oxygen atoms in total. The molecule has 1 radical (unpaired) electrons. The van der Waals surface area contributed by atoms with Crippen LogP contribution in [0.25, 0.3) is 50.2 Å². The summed E-state index contributed by atoms with van der Waals surface area (Å²) in [6, 6.07) is 30.5. The second kappa shape index (κ2) is 11.2. The molecule has 5 heteroatoms. The van der Waals surface area contributed by atoms with Crippen molar-refractivity contribution in [3.8, 4) is 28.2 Å². The number of rotatable bonds is 6. The molecule has 0 saturated carbocycles. The van der Waals surface area contributed by atoms with E-state index in [1.807, 2.05) is 0 Å². The van der Waals surface area contributed by atoms with Gasteiger partial charge < -0.3 is 8.98 Å². The number of hydrogen-bond acceptors (Lipinski definition) is 2. The average molecular weight is 734 g/mol. The van der Waals surface area contributed by atoms with Gasteiger partial charge in [-0.2, -0.15) is 0 Å². The molecule has 0 aliphatic heterocycles. The van der Waals surface area contributed by atoms with Crippen LogP contribution in [-0.2, 0) is 20.1 Å². The Morgan fingerprint density at radius 3 is 2.02 bits per heavy atom. The minimum absolute atomic E-state index is 0. The van der Waals surface area contributed by atoms with Gasteiger partial charge in [0.1, 0.15) is 0 Å². The van der Waals surface area contributed by atoms with Gasteiger partial charge in [0.2, 0.25) is 0 Å². The summed E-state index contributed by atoms with van der Waals surface area (Å²) in [7, 11) is -1.53. The van der Waals surface area contributed by atoms with Crippen molar-refractivity contribution in [3.63, 3.8) is 0 Å². The zero-order valence-electron chi connectivity index (χ0n) is 24.9. The minimum atomic E-state index is -1.53. The van der Waals surface area contributed by atoms with Crippen LogP contribution in [0.5, 0.6) is 0 Å². The molecule has 0 aliphatic rings. The van der Waals surface area contributed by atoms with E-state index in [0.29, 0.717) is 11.8 Å². The molecule has 4 aromatic carbocycles. The van der Waals surface area contributed by atoms with Crippen molar-refractivity contribution in [2.24, 2.45) is 0 Å². The van der Waals surface area contributed by atoms with Crippen molar-refractivity contribution < 1.29 is 24.5 Å². The molecule has 41 heavy (non-hydrogen) atoms. The zero-order valence-corrected chi connectivity index (χ0v) is 28.3. The van der Waals surface area contributed by atoms with Gasteiger partial charge in [0.25, 0.3) is 0 Å². The van der Waals surface area contributed by atoms with Crippen LogP contribution in [0, 0.1) is 6.26 Å². The largest absolute Gasteiger partial charge is 0.557 e. The van der Waals surface area contributed by atoms with E-state index in [0.717, 1.165) is 33.4 Å². The fraction of sp³-hybridized carbons (Fsp3) is 0.250. The molecule has 2 aromatic heterocycles. The molecular formula is C36H37IrN2OSi-. The van der Waals surface area contributed by atoms with Crippen LogP contribution < -0.4 is 5.19 Å². The fourth-order valence-electron chi connectivity index (χ4n) is 5.64. The van der Waals surface area contributed by atoms with Crippen molar-refractivity contribution in [2.75, 3.05) is 0 Å². The number of hydrogen-bond donors (Lipinski definition) is 0. The molecule has 211 valence electrons. The van der Waals surface area contributed by atoms with E-state index < -0.39 is 8.07 Å². The first kappa shape index (κ1) is 29.3. The maximum Gasteiger partial charge on any atom is 0.0774 e. The van der Waals surface area contributed by atoms with Crippen LogP contribution in [0.1, 0.15) is 50.7 Å². The van der Waals surface area contributed by atoms with Gasteiger partial charge in [-0.1, -0.05) is 118 Å². The van der Waals surface area contributed by atoms with Crippen LogP contribution in [0.3, 0.4) is 0 Å². The summed E-state index contributed by atoms with van der Waals surface area (Å²) >= 11 is 0. The third kappa shape index (κ3) is 5.27. The number of para-hydroxylation sites is 2. The topological polar surface area (TPSA) is 31.0 Å².